The van der Waals surface area contributed by atoms with Crippen molar-refractivity contribution in [2.45, 2.75) is 63.5 Å². The second-order valence-corrected chi connectivity index (χ2v) is 9.99. The molecule has 0 spiro atoms. The van der Waals surface area contributed by atoms with Crippen LogP contribution in [0.2, 0.25) is 0 Å². The zero-order valence-electron chi connectivity index (χ0n) is 16.5. The predicted molar refractivity (Wildman–Crippen MR) is 113 cm³/mol. The van der Waals surface area contributed by atoms with Crippen LogP contribution < -0.4 is 16.0 Å². The van der Waals surface area contributed by atoms with Crippen LogP contribution >= 0.6 is 15.9 Å². The quantitative estimate of drug-likeness (QED) is 0.608. The molecule has 1 atom stereocenters. The first-order valence-electron chi connectivity index (χ1n) is 10.5. The smallest absolute Gasteiger partial charge is 0.315 e. The first-order chi connectivity index (χ1) is 13.4. The van der Waals surface area contributed by atoms with Crippen LogP contribution in [0, 0.1) is 17.8 Å². The standard InChI is InChI=1S/C22H30BrN3O2/c1-14(18-4-2-3-5-19(18)23)25-20(27)6-7-24-21(28)26-22-11-15-8-16(12-22)10-17(9-15)13-22/h2-5,14-17H,6-13H2,1H3,(H,25,27)(H2,24,26,28). The fourth-order valence-corrected chi connectivity index (χ4v) is 6.68. The van der Waals surface area contributed by atoms with E-state index in [1.54, 1.807) is 0 Å². The summed E-state index contributed by atoms with van der Waals surface area (Å²) in [6, 6.07) is 7.67. The van der Waals surface area contributed by atoms with Crippen molar-refractivity contribution < 1.29 is 9.59 Å². The van der Waals surface area contributed by atoms with Gasteiger partial charge in [0, 0.05) is 23.0 Å². The average molecular weight is 448 g/mol. The van der Waals surface area contributed by atoms with Crippen LogP contribution in [0.15, 0.2) is 28.7 Å². The monoisotopic (exact) mass is 447 g/mol. The molecule has 0 aliphatic heterocycles. The van der Waals surface area contributed by atoms with Gasteiger partial charge < -0.3 is 16.0 Å². The number of nitrogens with one attached hydrogen (secondary N) is 3. The molecule has 1 unspecified atom stereocenters. The van der Waals surface area contributed by atoms with Crippen molar-refractivity contribution in [2.75, 3.05) is 6.54 Å². The molecule has 0 heterocycles. The zero-order chi connectivity index (χ0) is 19.7. The number of benzene rings is 1. The molecule has 1 aromatic carbocycles. The molecule has 5 rings (SSSR count). The normalized spacial score (nSPS) is 31.3. The lowest BCUT2D eigenvalue weighted by Crippen LogP contribution is -2.61. The second kappa shape index (κ2) is 8.05. The molecule has 3 amide bonds. The lowest BCUT2D eigenvalue weighted by atomic mass is 9.53. The van der Waals surface area contributed by atoms with Crippen LogP contribution in [0.3, 0.4) is 0 Å². The number of hydrogen-bond donors (Lipinski definition) is 3. The van der Waals surface area contributed by atoms with Gasteiger partial charge in [-0.1, -0.05) is 34.1 Å². The van der Waals surface area contributed by atoms with Gasteiger partial charge in [0.05, 0.1) is 6.04 Å². The molecule has 0 aromatic heterocycles. The number of carbonyl (C=O) groups excluding carboxylic acids is 2. The molecule has 3 N–H and O–H groups in total. The Bertz CT molecular complexity index is 716. The summed E-state index contributed by atoms with van der Waals surface area (Å²) in [5.41, 5.74) is 1.05. The molecule has 4 aliphatic carbocycles. The van der Waals surface area contributed by atoms with Gasteiger partial charge in [0.1, 0.15) is 0 Å². The number of amides is 3. The van der Waals surface area contributed by atoms with Crippen LogP contribution in [0.5, 0.6) is 0 Å². The summed E-state index contributed by atoms with van der Waals surface area (Å²) in [6.07, 6.45) is 7.77. The third-order valence-corrected chi connectivity index (χ3v) is 7.53. The summed E-state index contributed by atoms with van der Waals surface area (Å²) in [6.45, 7) is 2.32. The molecule has 152 valence electrons. The van der Waals surface area contributed by atoms with E-state index in [0.717, 1.165) is 47.1 Å². The van der Waals surface area contributed by atoms with E-state index >= 15 is 0 Å². The highest BCUT2D eigenvalue weighted by Gasteiger charge is 2.51. The highest BCUT2D eigenvalue weighted by Crippen LogP contribution is 2.55. The fourth-order valence-electron chi connectivity index (χ4n) is 6.06. The van der Waals surface area contributed by atoms with Gasteiger partial charge in [0.2, 0.25) is 5.91 Å². The molecule has 4 bridgehead atoms. The van der Waals surface area contributed by atoms with Gasteiger partial charge >= 0.3 is 6.03 Å². The van der Waals surface area contributed by atoms with E-state index in [0.29, 0.717) is 6.54 Å². The van der Waals surface area contributed by atoms with Crippen molar-refractivity contribution in [2.24, 2.45) is 17.8 Å². The van der Waals surface area contributed by atoms with E-state index in [-0.39, 0.29) is 29.9 Å². The van der Waals surface area contributed by atoms with Gasteiger partial charge in [-0.25, -0.2) is 4.79 Å². The van der Waals surface area contributed by atoms with Crippen molar-refractivity contribution >= 4 is 27.9 Å². The molecule has 4 aliphatic rings. The maximum atomic E-state index is 12.4. The summed E-state index contributed by atoms with van der Waals surface area (Å²) in [5.74, 6) is 2.35. The minimum atomic E-state index is -0.117. The molecule has 28 heavy (non-hydrogen) atoms. The fraction of sp³-hybridized carbons (Fsp3) is 0.636. The summed E-state index contributed by atoms with van der Waals surface area (Å²) >= 11 is 3.52. The van der Waals surface area contributed by atoms with E-state index in [4.69, 9.17) is 0 Å². The Labute approximate surface area is 175 Å². The zero-order valence-corrected chi connectivity index (χ0v) is 18.1. The van der Waals surface area contributed by atoms with Crippen LogP contribution in [-0.4, -0.2) is 24.0 Å². The molecule has 0 saturated heterocycles. The number of carbonyl (C=O) groups is 2. The maximum Gasteiger partial charge on any atom is 0.315 e. The molecule has 1 aromatic rings. The highest BCUT2D eigenvalue weighted by atomic mass is 79.9. The lowest BCUT2D eigenvalue weighted by molar-refractivity contribution is -0.121. The average Bonchev–Trinajstić information content (AvgIpc) is 2.60. The molecule has 5 nitrogen and oxygen atoms in total. The summed E-state index contributed by atoms with van der Waals surface area (Å²) in [4.78, 5) is 24.7. The Morgan fingerprint density at radius 2 is 1.71 bits per heavy atom. The van der Waals surface area contributed by atoms with Crippen LogP contribution in [0.1, 0.15) is 63.5 Å². The Kier molecular flexibility index (Phi) is 5.68. The third-order valence-electron chi connectivity index (χ3n) is 6.80. The molecule has 4 fully saturated rings. The SMILES string of the molecule is CC(NC(=O)CCNC(=O)NC12CC3CC(CC(C3)C1)C2)c1ccccc1Br. The van der Waals surface area contributed by atoms with Crippen molar-refractivity contribution in [1.29, 1.82) is 0 Å². The third kappa shape index (κ3) is 4.37. The maximum absolute atomic E-state index is 12.4. The van der Waals surface area contributed by atoms with E-state index < -0.39 is 0 Å². The van der Waals surface area contributed by atoms with E-state index in [1.165, 1.54) is 19.3 Å². The van der Waals surface area contributed by atoms with Crippen LogP contribution in [0.4, 0.5) is 4.79 Å². The largest absolute Gasteiger partial charge is 0.349 e. The van der Waals surface area contributed by atoms with Crippen LogP contribution in [-0.2, 0) is 4.79 Å². The first-order valence-corrected chi connectivity index (χ1v) is 11.3. The van der Waals surface area contributed by atoms with E-state index in [1.807, 2.05) is 31.2 Å². The predicted octanol–water partition coefficient (Wildman–Crippen LogP) is 4.28. The van der Waals surface area contributed by atoms with Crippen molar-refractivity contribution in [3.8, 4) is 0 Å². The Morgan fingerprint density at radius 3 is 2.32 bits per heavy atom. The number of rotatable bonds is 6. The highest BCUT2D eigenvalue weighted by molar-refractivity contribution is 9.10. The summed E-state index contributed by atoms with van der Waals surface area (Å²) < 4.78 is 0.982. The number of urea groups is 1. The minimum Gasteiger partial charge on any atom is -0.349 e. The first kappa shape index (κ1) is 19.7. The molecule has 0 radical (unpaired) electrons. The molecular weight excluding hydrogens is 418 g/mol. The molecular formula is C22H30BrN3O2. The molecule has 4 saturated carbocycles. The summed E-state index contributed by atoms with van der Waals surface area (Å²) in [5, 5.41) is 9.17. The van der Waals surface area contributed by atoms with Gasteiger partial charge in [-0.2, -0.15) is 0 Å². The second-order valence-electron chi connectivity index (χ2n) is 9.14. The topological polar surface area (TPSA) is 70.2 Å². The van der Waals surface area contributed by atoms with Crippen molar-refractivity contribution in [3.05, 3.63) is 34.3 Å². The van der Waals surface area contributed by atoms with Gasteiger partial charge in [-0.3, -0.25) is 4.79 Å². The Hall–Kier alpha value is -1.56. The van der Waals surface area contributed by atoms with Crippen LogP contribution in [0.25, 0.3) is 0 Å². The number of halogens is 1. The van der Waals surface area contributed by atoms with Crippen molar-refractivity contribution in [3.63, 3.8) is 0 Å². The van der Waals surface area contributed by atoms with Crippen molar-refractivity contribution in [1.82, 2.24) is 16.0 Å². The molecule has 6 heteroatoms. The number of hydrogen-bond acceptors (Lipinski definition) is 2. The summed E-state index contributed by atoms with van der Waals surface area (Å²) in [7, 11) is 0. The van der Waals surface area contributed by atoms with E-state index in [2.05, 4.69) is 31.9 Å². The van der Waals surface area contributed by atoms with Gasteiger partial charge in [0.25, 0.3) is 0 Å². The lowest BCUT2D eigenvalue weighted by Gasteiger charge is -2.56. The van der Waals surface area contributed by atoms with Gasteiger partial charge in [-0.05, 0) is 74.8 Å². The van der Waals surface area contributed by atoms with Gasteiger partial charge in [0.15, 0.2) is 0 Å². The van der Waals surface area contributed by atoms with E-state index in [9.17, 15) is 9.59 Å². The minimum absolute atomic E-state index is 0.00912. The Morgan fingerprint density at radius 1 is 1.11 bits per heavy atom. The van der Waals surface area contributed by atoms with Gasteiger partial charge in [-0.15, -0.1) is 0 Å². The Balaban J connectivity index is 1.20.